The lowest BCUT2D eigenvalue weighted by atomic mass is 9.77. The van der Waals surface area contributed by atoms with Crippen molar-refractivity contribution in [3.8, 4) is 11.1 Å². The van der Waals surface area contributed by atoms with Gasteiger partial charge in [0.25, 0.3) is 5.97 Å². The largest absolute Gasteiger partial charge is 0.520 e. The van der Waals surface area contributed by atoms with Gasteiger partial charge in [-0.1, -0.05) is 153 Å². The van der Waals surface area contributed by atoms with Crippen LogP contribution in [-0.4, -0.2) is 60.3 Å². The molecule has 0 aliphatic heterocycles. The Bertz CT molecular complexity index is 2270. The first-order valence-corrected chi connectivity index (χ1v) is 24.3. The van der Waals surface area contributed by atoms with Gasteiger partial charge in [0.1, 0.15) is 12.1 Å². The summed E-state index contributed by atoms with van der Waals surface area (Å²) in [6.07, 6.45) is 3.69. The first-order valence-electron chi connectivity index (χ1n) is 20.9. The van der Waals surface area contributed by atoms with Gasteiger partial charge in [-0.3, -0.25) is 9.59 Å². The smallest absolute Gasteiger partial charge is 0.410 e. The van der Waals surface area contributed by atoms with Gasteiger partial charge in [0, 0.05) is 32.0 Å². The monoisotopic (exact) mass is 817 g/mol. The molecule has 5 aromatic carbocycles. The summed E-state index contributed by atoms with van der Waals surface area (Å²) < 4.78 is 14.2. The SMILES string of the molecule is CC(C)C[C@H](CC(=O)[C@H](Cc1cn(C(c2ccccc2)(c2ccccc2)c2ccccc2)cn1)N(C)C(=O)OCC1c2ccccc2-c2ccccc21)C(=O)O[Si](C)(C)C. The van der Waals surface area contributed by atoms with Crippen molar-refractivity contribution in [2.75, 3.05) is 13.7 Å². The van der Waals surface area contributed by atoms with Gasteiger partial charge in [-0.15, -0.1) is 0 Å². The first kappa shape index (κ1) is 42.1. The highest BCUT2D eigenvalue weighted by Crippen LogP contribution is 2.45. The van der Waals surface area contributed by atoms with Crippen LogP contribution in [-0.2, 0) is 30.7 Å². The predicted molar refractivity (Wildman–Crippen MR) is 239 cm³/mol. The minimum atomic E-state index is -2.24. The van der Waals surface area contributed by atoms with Gasteiger partial charge in [-0.05, 0) is 70.9 Å². The van der Waals surface area contributed by atoms with Crippen LogP contribution in [0.15, 0.2) is 152 Å². The second kappa shape index (κ2) is 18.1. The minimum Gasteiger partial charge on any atom is -0.520 e. The number of ether oxygens (including phenoxy) is 1. The summed E-state index contributed by atoms with van der Waals surface area (Å²) in [7, 11) is -0.635. The standard InChI is InChI=1S/C51H55N3O5Si/c1-36(2)30-37(49(56)59-60(4,5)6)31-48(55)47(53(3)50(57)58-34-46-44-28-18-16-26-42(44)43-27-17-19-29-45(43)46)32-41-33-54(35-52-41)51(38-20-10-7-11-21-38,39-22-12-8-13-23-39)40-24-14-9-15-25-40/h7-29,33,35-37,46-47H,30-32,34H2,1-6H3/t37-,47+/m1/s1. The normalized spacial score (nSPS) is 13.6. The van der Waals surface area contributed by atoms with Crippen LogP contribution in [0.25, 0.3) is 11.1 Å². The molecule has 0 saturated heterocycles. The van der Waals surface area contributed by atoms with Crippen molar-refractivity contribution >= 4 is 26.2 Å². The van der Waals surface area contributed by atoms with E-state index in [-0.39, 0.29) is 43.0 Å². The van der Waals surface area contributed by atoms with Crippen molar-refractivity contribution in [3.05, 3.63) is 186 Å². The molecule has 60 heavy (non-hydrogen) atoms. The van der Waals surface area contributed by atoms with Crippen LogP contribution in [0.2, 0.25) is 19.6 Å². The average Bonchev–Trinajstić information content (AvgIpc) is 3.85. The van der Waals surface area contributed by atoms with Crippen LogP contribution >= 0.6 is 0 Å². The van der Waals surface area contributed by atoms with Gasteiger partial charge in [-0.25, -0.2) is 9.78 Å². The molecule has 6 aromatic rings. The van der Waals surface area contributed by atoms with Crippen LogP contribution in [0.3, 0.4) is 0 Å². The van der Waals surface area contributed by atoms with E-state index >= 15 is 0 Å². The van der Waals surface area contributed by atoms with E-state index in [0.29, 0.717) is 12.1 Å². The van der Waals surface area contributed by atoms with E-state index in [1.54, 1.807) is 7.05 Å². The summed E-state index contributed by atoms with van der Waals surface area (Å²) in [5.41, 5.74) is 7.37. The highest BCUT2D eigenvalue weighted by Gasteiger charge is 2.40. The molecule has 7 rings (SSSR count). The van der Waals surface area contributed by atoms with Gasteiger partial charge in [0.2, 0.25) is 8.32 Å². The molecule has 0 saturated carbocycles. The molecule has 1 aliphatic rings. The highest BCUT2D eigenvalue weighted by molar-refractivity contribution is 6.71. The molecule has 0 fully saturated rings. The van der Waals surface area contributed by atoms with Crippen LogP contribution in [0.5, 0.6) is 0 Å². The van der Waals surface area contributed by atoms with E-state index in [1.165, 1.54) is 4.90 Å². The summed E-state index contributed by atoms with van der Waals surface area (Å²) in [5, 5.41) is 0. The van der Waals surface area contributed by atoms with Gasteiger partial charge >= 0.3 is 6.09 Å². The Hall–Kier alpha value is -6.06. The fourth-order valence-corrected chi connectivity index (χ4v) is 9.49. The van der Waals surface area contributed by atoms with Crippen molar-refractivity contribution in [1.82, 2.24) is 14.5 Å². The number of imidazole rings is 1. The number of benzene rings is 5. The molecule has 0 N–H and O–H groups in total. The molecule has 0 unspecified atom stereocenters. The number of carbonyl (C=O) groups excluding carboxylic acids is 3. The van der Waals surface area contributed by atoms with Crippen LogP contribution < -0.4 is 0 Å². The molecule has 308 valence electrons. The molecule has 1 aliphatic carbocycles. The average molecular weight is 818 g/mol. The van der Waals surface area contributed by atoms with Crippen molar-refractivity contribution in [3.63, 3.8) is 0 Å². The minimum absolute atomic E-state index is 0.0736. The third-order valence-corrected chi connectivity index (χ3v) is 12.2. The van der Waals surface area contributed by atoms with Crippen molar-refractivity contribution < 1.29 is 23.5 Å². The van der Waals surface area contributed by atoms with E-state index in [1.807, 2.05) is 125 Å². The maximum atomic E-state index is 14.7. The number of likely N-dealkylation sites (N-methyl/N-ethyl adjacent to an activating group) is 1. The molecule has 1 heterocycles. The summed E-state index contributed by atoms with van der Waals surface area (Å²) in [6.45, 7) is 10.1. The number of fused-ring (bicyclic) bond motifs is 3. The number of aromatic nitrogens is 2. The van der Waals surface area contributed by atoms with E-state index in [4.69, 9.17) is 14.1 Å². The fraction of sp³-hybridized carbons (Fsp3) is 0.294. The molecular formula is C51H55N3O5Si. The molecule has 8 nitrogen and oxygen atoms in total. The summed E-state index contributed by atoms with van der Waals surface area (Å²) in [5.74, 6) is -1.26. The topological polar surface area (TPSA) is 90.7 Å². The predicted octanol–water partition coefficient (Wildman–Crippen LogP) is 10.5. The van der Waals surface area contributed by atoms with Crippen molar-refractivity contribution in [2.24, 2.45) is 11.8 Å². The first-order chi connectivity index (χ1) is 28.9. The number of carbonyl (C=O) groups is 3. The molecule has 0 radical (unpaired) electrons. The Kier molecular flexibility index (Phi) is 12.7. The second-order valence-electron chi connectivity index (χ2n) is 17.2. The third-order valence-electron chi connectivity index (χ3n) is 11.4. The Balaban J connectivity index is 1.24. The van der Waals surface area contributed by atoms with Gasteiger partial charge in [0.05, 0.1) is 24.0 Å². The fourth-order valence-electron chi connectivity index (χ4n) is 8.72. The number of hydrogen-bond donors (Lipinski definition) is 0. The maximum Gasteiger partial charge on any atom is 0.410 e. The Morgan fingerprint density at radius 2 is 1.22 bits per heavy atom. The number of Topliss-reactive ketones (excluding diaryl/α,β-unsaturated/α-hetero) is 1. The van der Waals surface area contributed by atoms with Crippen LogP contribution in [0, 0.1) is 11.8 Å². The van der Waals surface area contributed by atoms with E-state index < -0.39 is 31.9 Å². The third kappa shape index (κ3) is 8.92. The molecule has 1 amide bonds. The zero-order chi connectivity index (χ0) is 42.4. The van der Waals surface area contributed by atoms with Crippen LogP contribution in [0.4, 0.5) is 4.79 Å². The zero-order valence-corrected chi connectivity index (χ0v) is 36.5. The van der Waals surface area contributed by atoms with E-state index in [9.17, 15) is 14.4 Å². The lowest BCUT2D eigenvalue weighted by Gasteiger charge is -2.37. The van der Waals surface area contributed by atoms with Crippen LogP contribution in [0.1, 0.15) is 66.1 Å². The van der Waals surface area contributed by atoms with E-state index in [0.717, 1.165) is 38.9 Å². The van der Waals surface area contributed by atoms with Gasteiger partial charge in [0.15, 0.2) is 5.78 Å². The number of amides is 1. The molecule has 9 heteroatoms. The second-order valence-corrected chi connectivity index (χ2v) is 21.7. The van der Waals surface area contributed by atoms with Gasteiger partial charge < -0.3 is 18.6 Å². The number of ketones is 1. The zero-order valence-electron chi connectivity index (χ0n) is 35.5. The lowest BCUT2D eigenvalue weighted by Crippen LogP contribution is -2.46. The Morgan fingerprint density at radius 3 is 1.70 bits per heavy atom. The summed E-state index contributed by atoms with van der Waals surface area (Å²) in [6, 6.07) is 46.3. The highest BCUT2D eigenvalue weighted by atomic mass is 28.4. The summed E-state index contributed by atoms with van der Waals surface area (Å²) >= 11 is 0. The number of rotatable bonds is 16. The quantitative estimate of drug-likeness (QED) is 0.0714. The molecule has 0 bridgehead atoms. The van der Waals surface area contributed by atoms with Gasteiger partial charge in [-0.2, -0.15) is 0 Å². The molecule has 0 spiro atoms. The summed E-state index contributed by atoms with van der Waals surface area (Å²) in [4.78, 5) is 48.9. The number of nitrogens with zero attached hydrogens (tertiary/aromatic N) is 3. The Labute approximate surface area is 355 Å². The lowest BCUT2D eigenvalue weighted by molar-refractivity contribution is -0.143. The number of hydrogen-bond acceptors (Lipinski definition) is 6. The molecule has 2 atom stereocenters. The van der Waals surface area contributed by atoms with Crippen molar-refractivity contribution in [1.29, 1.82) is 0 Å². The Morgan fingerprint density at radius 1 is 0.733 bits per heavy atom. The molecular weight excluding hydrogens is 763 g/mol. The molecule has 1 aromatic heterocycles. The maximum absolute atomic E-state index is 14.7. The van der Waals surface area contributed by atoms with E-state index in [2.05, 4.69) is 65.2 Å². The van der Waals surface area contributed by atoms with Crippen molar-refractivity contribution in [2.45, 2.75) is 70.2 Å².